The zero-order valence-corrected chi connectivity index (χ0v) is 12.3. The molecule has 0 unspecified atom stereocenters. The average Bonchev–Trinajstić information content (AvgIpc) is 2.50. The molecule has 1 heterocycles. The van der Waals surface area contributed by atoms with Crippen LogP contribution in [-0.2, 0) is 0 Å². The molecule has 90 valence electrons. The molecule has 0 saturated carbocycles. The molecule has 2 rings (SSSR count). The molecular weight excluding hydrogens is 318 g/mol. The van der Waals surface area contributed by atoms with E-state index in [1.54, 1.807) is 0 Å². The standard InChI is InChI=1S/C11H12BrN3S2/c12-8-4-1-3-7-9(14-15-11(13)16)5-2-6-17-10(7)8/h1,3-4H,2,5-6H2,(H3,13,15,16). The van der Waals surface area contributed by atoms with Crippen LogP contribution in [0.1, 0.15) is 18.4 Å². The van der Waals surface area contributed by atoms with Gasteiger partial charge in [0.05, 0.1) is 5.71 Å². The van der Waals surface area contributed by atoms with E-state index < -0.39 is 0 Å². The van der Waals surface area contributed by atoms with Crippen molar-refractivity contribution in [3.63, 3.8) is 0 Å². The highest BCUT2D eigenvalue weighted by Crippen LogP contribution is 2.35. The lowest BCUT2D eigenvalue weighted by Crippen LogP contribution is -2.25. The summed E-state index contributed by atoms with van der Waals surface area (Å²) in [6.07, 6.45) is 2.04. The molecule has 17 heavy (non-hydrogen) atoms. The van der Waals surface area contributed by atoms with E-state index >= 15 is 0 Å². The summed E-state index contributed by atoms with van der Waals surface area (Å²) >= 11 is 10.2. The van der Waals surface area contributed by atoms with Gasteiger partial charge in [-0.2, -0.15) is 5.10 Å². The van der Waals surface area contributed by atoms with Crippen LogP contribution in [0, 0.1) is 0 Å². The fourth-order valence-corrected chi connectivity index (χ4v) is 3.47. The molecule has 6 heteroatoms. The molecule has 0 spiro atoms. The predicted molar refractivity (Wildman–Crippen MR) is 80.6 cm³/mol. The van der Waals surface area contributed by atoms with Gasteiger partial charge in [0, 0.05) is 14.9 Å². The van der Waals surface area contributed by atoms with Crippen LogP contribution in [0.4, 0.5) is 0 Å². The third kappa shape index (κ3) is 3.20. The van der Waals surface area contributed by atoms with Crippen LogP contribution in [-0.4, -0.2) is 16.6 Å². The van der Waals surface area contributed by atoms with Gasteiger partial charge in [0.25, 0.3) is 0 Å². The maximum atomic E-state index is 5.40. The quantitative estimate of drug-likeness (QED) is 0.614. The Morgan fingerprint density at radius 3 is 3.12 bits per heavy atom. The number of thiocarbonyl (C=S) groups is 1. The number of thioether (sulfide) groups is 1. The molecule has 0 fully saturated rings. The van der Waals surface area contributed by atoms with Gasteiger partial charge in [-0.25, -0.2) is 0 Å². The van der Waals surface area contributed by atoms with E-state index in [0.717, 1.165) is 34.3 Å². The second-order valence-corrected chi connectivity index (χ2v) is 6.00. The summed E-state index contributed by atoms with van der Waals surface area (Å²) in [5, 5.41) is 4.49. The van der Waals surface area contributed by atoms with Crippen molar-refractivity contribution in [2.45, 2.75) is 17.7 Å². The van der Waals surface area contributed by atoms with Gasteiger partial charge in [0.2, 0.25) is 0 Å². The Labute approximate surface area is 118 Å². The number of hydrogen-bond acceptors (Lipinski definition) is 3. The van der Waals surface area contributed by atoms with Gasteiger partial charge in [-0.15, -0.1) is 11.8 Å². The predicted octanol–water partition coefficient (Wildman–Crippen LogP) is 2.87. The Morgan fingerprint density at radius 1 is 1.53 bits per heavy atom. The van der Waals surface area contributed by atoms with E-state index in [2.05, 4.69) is 38.6 Å². The number of nitrogens with two attached hydrogens (primary N) is 1. The minimum absolute atomic E-state index is 0.200. The normalized spacial score (nSPS) is 17.4. The second-order valence-electron chi connectivity index (χ2n) is 3.60. The lowest BCUT2D eigenvalue weighted by molar-refractivity contribution is 0.963. The Hall–Kier alpha value is -0.590. The molecule has 1 aromatic carbocycles. The molecule has 0 aliphatic carbocycles. The zero-order chi connectivity index (χ0) is 12.3. The Bertz CT molecular complexity index is 474. The maximum Gasteiger partial charge on any atom is 0.184 e. The smallest absolute Gasteiger partial charge is 0.184 e. The molecule has 0 radical (unpaired) electrons. The molecule has 1 aromatic rings. The number of hydrogen-bond donors (Lipinski definition) is 2. The number of fused-ring (bicyclic) bond motifs is 1. The Morgan fingerprint density at radius 2 is 2.35 bits per heavy atom. The summed E-state index contributed by atoms with van der Waals surface area (Å²) in [5.74, 6) is 1.10. The lowest BCUT2D eigenvalue weighted by atomic mass is 10.1. The Balaban J connectivity index is 2.40. The minimum atomic E-state index is 0.200. The van der Waals surface area contributed by atoms with E-state index in [1.165, 1.54) is 4.90 Å². The van der Waals surface area contributed by atoms with Crippen LogP contribution < -0.4 is 11.2 Å². The lowest BCUT2D eigenvalue weighted by Gasteiger charge is -2.09. The van der Waals surface area contributed by atoms with Gasteiger partial charge in [0.1, 0.15) is 0 Å². The van der Waals surface area contributed by atoms with Crippen molar-refractivity contribution in [2.24, 2.45) is 10.8 Å². The first-order valence-electron chi connectivity index (χ1n) is 5.22. The summed E-state index contributed by atoms with van der Waals surface area (Å²) < 4.78 is 1.12. The molecule has 0 bridgehead atoms. The van der Waals surface area contributed by atoms with E-state index in [1.807, 2.05) is 17.8 Å². The molecule has 0 saturated heterocycles. The maximum absolute atomic E-state index is 5.40. The van der Waals surface area contributed by atoms with Gasteiger partial charge in [-0.05, 0) is 52.8 Å². The van der Waals surface area contributed by atoms with Crippen LogP contribution in [0.5, 0.6) is 0 Å². The second kappa shape index (κ2) is 5.84. The third-order valence-electron chi connectivity index (χ3n) is 2.38. The molecule has 0 atom stereocenters. The van der Waals surface area contributed by atoms with Crippen LogP contribution in [0.2, 0.25) is 0 Å². The van der Waals surface area contributed by atoms with Crippen molar-refractivity contribution >= 4 is 50.7 Å². The summed E-state index contributed by atoms with van der Waals surface area (Å²) in [4.78, 5) is 1.24. The van der Waals surface area contributed by atoms with Gasteiger partial charge in [-0.3, -0.25) is 5.43 Å². The molecule has 3 N–H and O–H groups in total. The molecule has 1 aliphatic rings. The van der Waals surface area contributed by atoms with Crippen molar-refractivity contribution < 1.29 is 0 Å². The molecule has 0 aromatic heterocycles. The van der Waals surface area contributed by atoms with E-state index in [0.29, 0.717) is 0 Å². The minimum Gasteiger partial charge on any atom is -0.375 e. The summed E-state index contributed by atoms with van der Waals surface area (Å²) in [6, 6.07) is 6.15. The number of nitrogens with one attached hydrogen (secondary N) is 1. The number of rotatable bonds is 1. The van der Waals surface area contributed by atoms with Crippen LogP contribution in [0.25, 0.3) is 0 Å². The monoisotopic (exact) mass is 329 g/mol. The van der Waals surface area contributed by atoms with Crippen molar-refractivity contribution in [2.75, 3.05) is 5.75 Å². The first-order chi connectivity index (χ1) is 8.18. The van der Waals surface area contributed by atoms with Gasteiger partial charge in [-0.1, -0.05) is 12.1 Å². The van der Waals surface area contributed by atoms with E-state index in [4.69, 9.17) is 18.0 Å². The third-order valence-corrected chi connectivity index (χ3v) is 4.62. The summed E-state index contributed by atoms with van der Waals surface area (Å²) in [6.45, 7) is 0. The van der Waals surface area contributed by atoms with Crippen molar-refractivity contribution in [3.8, 4) is 0 Å². The highest BCUT2D eigenvalue weighted by molar-refractivity contribution is 9.10. The molecule has 3 nitrogen and oxygen atoms in total. The van der Waals surface area contributed by atoms with Crippen LogP contribution >= 0.6 is 39.9 Å². The van der Waals surface area contributed by atoms with E-state index in [-0.39, 0.29) is 5.11 Å². The topological polar surface area (TPSA) is 50.4 Å². The van der Waals surface area contributed by atoms with Crippen molar-refractivity contribution in [1.29, 1.82) is 0 Å². The van der Waals surface area contributed by atoms with Crippen LogP contribution in [0.15, 0.2) is 32.7 Å². The number of nitrogens with zero attached hydrogens (tertiary/aromatic N) is 1. The number of halogens is 1. The molecular formula is C11H12BrN3S2. The highest BCUT2D eigenvalue weighted by Gasteiger charge is 2.16. The van der Waals surface area contributed by atoms with Crippen LogP contribution in [0.3, 0.4) is 0 Å². The highest BCUT2D eigenvalue weighted by atomic mass is 79.9. The van der Waals surface area contributed by atoms with E-state index in [9.17, 15) is 0 Å². The van der Waals surface area contributed by atoms with Gasteiger partial charge >= 0.3 is 0 Å². The first-order valence-corrected chi connectivity index (χ1v) is 7.41. The number of hydrazone groups is 1. The summed E-state index contributed by atoms with van der Waals surface area (Å²) in [5.41, 5.74) is 10.2. The van der Waals surface area contributed by atoms with Crippen molar-refractivity contribution in [3.05, 3.63) is 28.2 Å². The zero-order valence-electron chi connectivity index (χ0n) is 9.07. The SMILES string of the molecule is NC(=S)NN=C1CCCSc2c(Br)cccc21. The summed E-state index contributed by atoms with van der Waals surface area (Å²) in [7, 11) is 0. The van der Waals surface area contributed by atoms with Gasteiger partial charge < -0.3 is 5.73 Å². The fourth-order valence-electron chi connectivity index (χ4n) is 1.67. The first kappa shape index (κ1) is 12.9. The van der Waals surface area contributed by atoms with Crippen molar-refractivity contribution in [1.82, 2.24) is 5.43 Å². The Kier molecular flexibility index (Phi) is 4.42. The largest absolute Gasteiger partial charge is 0.375 e. The number of benzene rings is 1. The average molecular weight is 330 g/mol. The van der Waals surface area contributed by atoms with Gasteiger partial charge in [0.15, 0.2) is 5.11 Å². The molecule has 0 amide bonds. The fraction of sp³-hybridized carbons (Fsp3) is 0.273. The molecule has 1 aliphatic heterocycles.